The zero-order valence-electron chi connectivity index (χ0n) is 9.75. The highest BCUT2D eigenvalue weighted by molar-refractivity contribution is 7.81. The molecule has 1 aliphatic rings. The Bertz CT molecular complexity index is 475. The summed E-state index contributed by atoms with van der Waals surface area (Å²) in [7, 11) is 0. The van der Waals surface area contributed by atoms with Crippen molar-refractivity contribution in [2.24, 2.45) is 0 Å². The second-order valence-electron chi connectivity index (χ2n) is 3.92. The van der Waals surface area contributed by atoms with E-state index in [0.29, 0.717) is 0 Å². The molecule has 100 valence electrons. The topological polar surface area (TPSA) is 9.23 Å². The highest BCUT2D eigenvalue weighted by Crippen LogP contribution is 2.35. The van der Waals surface area contributed by atoms with Crippen molar-refractivity contribution in [1.82, 2.24) is 0 Å². The second-order valence-corrected chi connectivity index (χ2v) is 15.1. The highest BCUT2D eigenvalue weighted by atomic mass is 36.0. The van der Waals surface area contributed by atoms with E-state index in [1.807, 2.05) is 24.3 Å². The van der Waals surface area contributed by atoms with Crippen LogP contribution in [-0.4, -0.2) is 5.31 Å². The second kappa shape index (κ2) is 6.38. The fourth-order valence-corrected chi connectivity index (χ4v) is 1.82. The van der Waals surface area contributed by atoms with Gasteiger partial charge in [-0.2, -0.15) is 0 Å². The lowest BCUT2D eigenvalue weighted by Crippen LogP contribution is -2.01. The molecular weight excluding hydrogens is 342 g/mol. The van der Waals surface area contributed by atoms with Crippen LogP contribution in [0.25, 0.3) is 0 Å². The van der Waals surface area contributed by atoms with E-state index in [1.54, 1.807) is 0 Å². The fourth-order valence-electron chi connectivity index (χ4n) is 1.82. The molecular formula is C13H10Cl4OSi. The number of para-hydroxylation sites is 2. The molecule has 0 unspecified atom stereocenters. The van der Waals surface area contributed by atoms with E-state index in [4.69, 9.17) is 49.1 Å². The molecule has 0 spiro atoms. The molecule has 19 heavy (non-hydrogen) atoms. The summed E-state index contributed by atoms with van der Waals surface area (Å²) in [4.78, 5) is 0. The molecule has 0 N–H and O–H groups in total. The Labute approximate surface area is 131 Å². The normalized spacial score (nSPS) is 12.4. The van der Waals surface area contributed by atoms with Crippen LogP contribution in [0.4, 0.5) is 0 Å². The van der Waals surface area contributed by atoms with Crippen molar-refractivity contribution in [3.05, 3.63) is 59.7 Å². The fraction of sp³-hybridized carbons (Fsp3) is 0.0769. The average Bonchev–Trinajstić information content (AvgIpc) is 2.34. The monoisotopic (exact) mass is 350 g/mol. The first-order valence-electron chi connectivity index (χ1n) is 5.53. The molecule has 1 heterocycles. The van der Waals surface area contributed by atoms with Gasteiger partial charge < -0.3 is 4.74 Å². The average molecular weight is 352 g/mol. The molecule has 3 rings (SSSR count). The van der Waals surface area contributed by atoms with Gasteiger partial charge in [0.05, 0.1) is 0 Å². The van der Waals surface area contributed by atoms with Gasteiger partial charge in [-0.25, -0.2) is 0 Å². The first-order valence-corrected chi connectivity index (χ1v) is 11.6. The molecule has 2 aromatic carbocycles. The summed E-state index contributed by atoms with van der Waals surface area (Å²) >= 11 is 19.9. The van der Waals surface area contributed by atoms with Crippen LogP contribution in [0, 0.1) is 0 Å². The molecule has 6 heteroatoms. The summed E-state index contributed by atoms with van der Waals surface area (Å²) in [6.45, 7) is 0. The Balaban J connectivity index is 0.000000232. The van der Waals surface area contributed by atoms with E-state index in [-0.39, 0.29) is 0 Å². The number of halogens is 4. The Morgan fingerprint density at radius 2 is 1.11 bits per heavy atom. The van der Waals surface area contributed by atoms with E-state index in [9.17, 15) is 0 Å². The van der Waals surface area contributed by atoms with E-state index in [2.05, 4.69) is 24.3 Å². The van der Waals surface area contributed by atoms with Crippen molar-refractivity contribution in [1.29, 1.82) is 0 Å². The van der Waals surface area contributed by atoms with Gasteiger partial charge in [0.1, 0.15) is 11.5 Å². The van der Waals surface area contributed by atoms with Gasteiger partial charge in [0.25, 0.3) is 0 Å². The molecule has 0 saturated heterocycles. The Hall–Kier alpha value is -0.383. The summed E-state index contributed by atoms with van der Waals surface area (Å²) in [6.07, 6.45) is 0.979. The van der Waals surface area contributed by atoms with Crippen molar-refractivity contribution in [2.45, 2.75) is 6.42 Å². The Morgan fingerprint density at radius 3 is 1.53 bits per heavy atom. The van der Waals surface area contributed by atoms with Crippen LogP contribution in [0.1, 0.15) is 11.1 Å². The van der Waals surface area contributed by atoms with Crippen LogP contribution in [0.3, 0.4) is 0 Å². The maximum absolute atomic E-state index is 5.78. The summed E-state index contributed by atoms with van der Waals surface area (Å²) < 4.78 is 5.78. The Kier molecular flexibility index (Phi) is 5.04. The van der Waals surface area contributed by atoms with E-state index in [0.717, 1.165) is 17.9 Å². The smallest absolute Gasteiger partial charge is 0.440 e. The molecule has 1 aliphatic heterocycles. The predicted molar refractivity (Wildman–Crippen MR) is 84.9 cm³/mol. The minimum absolute atomic E-state index is 0.979. The number of fused-ring (bicyclic) bond motifs is 2. The van der Waals surface area contributed by atoms with Crippen molar-refractivity contribution in [3.8, 4) is 11.5 Å². The summed E-state index contributed by atoms with van der Waals surface area (Å²) in [5.41, 5.74) is 2.54. The zero-order chi connectivity index (χ0) is 13.9. The number of benzene rings is 2. The maximum atomic E-state index is 5.78. The van der Waals surface area contributed by atoms with Crippen LogP contribution in [-0.2, 0) is 6.42 Å². The quantitative estimate of drug-likeness (QED) is 0.369. The third-order valence-electron chi connectivity index (χ3n) is 2.55. The maximum Gasteiger partial charge on any atom is 0.440 e. The van der Waals surface area contributed by atoms with Gasteiger partial charge in [0.2, 0.25) is 0 Å². The van der Waals surface area contributed by atoms with Gasteiger partial charge in [-0.3, -0.25) is 0 Å². The van der Waals surface area contributed by atoms with Gasteiger partial charge in [0, 0.05) is 6.42 Å². The van der Waals surface area contributed by atoms with Gasteiger partial charge >= 0.3 is 5.31 Å². The lowest BCUT2D eigenvalue weighted by molar-refractivity contribution is 0.460. The summed E-state index contributed by atoms with van der Waals surface area (Å²) in [5.74, 6) is 1.98. The molecule has 0 aromatic heterocycles. The molecule has 0 radical (unpaired) electrons. The Morgan fingerprint density at radius 1 is 0.737 bits per heavy atom. The molecule has 1 nitrogen and oxygen atoms in total. The van der Waals surface area contributed by atoms with E-state index < -0.39 is 5.31 Å². The third-order valence-corrected chi connectivity index (χ3v) is 2.55. The van der Waals surface area contributed by atoms with Gasteiger partial charge in [-0.05, 0) is 23.3 Å². The molecule has 0 atom stereocenters. The van der Waals surface area contributed by atoms with Crippen molar-refractivity contribution >= 4 is 49.6 Å². The molecule has 0 saturated carbocycles. The summed E-state index contributed by atoms with van der Waals surface area (Å²) in [6, 6.07) is 16.4. The first-order chi connectivity index (χ1) is 8.93. The summed E-state index contributed by atoms with van der Waals surface area (Å²) in [5, 5.41) is -2.72. The molecule has 0 amide bonds. The minimum atomic E-state index is -2.72. The van der Waals surface area contributed by atoms with Gasteiger partial charge in [-0.15, -0.1) is 44.3 Å². The molecule has 0 aliphatic carbocycles. The number of rotatable bonds is 0. The third kappa shape index (κ3) is 4.90. The van der Waals surface area contributed by atoms with Gasteiger partial charge in [-0.1, -0.05) is 36.4 Å². The van der Waals surface area contributed by atoms with Crippen molar-refractivity contribution < 1.29 is 4.74 Å². The predicted octanol–water partition coefficient (Wildman–Crippen LogP) is 5.76. The van der Waals surface area contributed by atoms with Crippen molar-refractivity contribution in [3.63, 3.8) is 0 Å². The largest absolute Gasteiger partial charge is 0.457 e. The molecule has 2 aromatic rings. The first kappa shape index (κ1) is 15.0. The molecule has 0 fully saturated rings. The number of hydrogen-bond donors (Lipinski definition) is 0. The van der Waals surface area contributed by atoms with Crippen LogP contribution in [0.5, 0.6) is 11.5 Å². The lowest BCUT2D eigenvalue weighted by atomic mass is 10.0. The van der Waals surface area contributed by atoms with Gasteiger partial charge in [0.15, 0.2) is 0 Å². The lowest BCUT2D eigenvalue weighted by Gasteiger charge is -2.19. The SMILES string of the molecule is Cl[Si](Cl)(Cl)Cl.c1ccc2c(c1)Cc1ccccc1O2. The standard InChI is InChI=1S/C13H10O.Cl4Si/c1-3-7-12-10(5-1)9-11-6-2-4-8-13(11)14-12;1-5(2,3)4/h1-8H,9H2;. The molecule has 0 bridgehead atoms. The van der Waals surface area contributed by atoms with E-state index in [1.165, 1.54) is 11.1 Å². The van der Waals surface area contributed by atoms with Crippen LogP contribution in [0.15, 0.2) is 48.5 Å². The van der Waals surface area contributed by atoms with Crippen molar-refractivity contribution in [2.75, 3.05) is 0 Å². The van der Waals surface area contributed by atoms with Crippen LogP contribution in [0.2, 0.25) is 0 Å². The highest BCUT2D eigenvalue weighted by Gasteiger charge is 2.19. The van der Waals surface area contributed by atoms with Crippen LogP contribution < -0.4 is 4.74 Å². The number of hydrogen-bond acceptors (Lipinski definition) is 1. The zero-order valence-corrected chi connectivity index (χ0v) is 13.8. The van der Waals surface area contributed by atoms with E-state index >= 15 is 0 Å². The minimum Gasteiger partial charge on any atom is -0.457 e. The number of ether oxygens (including phenoxy) is 1. The van der Waals surface area contributed by atoms with Crippen LogP contribution >= 0.6 is 44.3 Å².